The molecule has 22 heavy (non-hydrogen) atoms. The van der Waals surface area contributed by atoms with Gasteiger partial charge in [0.25, 0.3) is 5.69 Å². The summed E-state index contributed by atoms with van der Waals surface area (Å²) in [6, 6.07) is 4.30. The number of non-ortho nitro benzene ring substituents is 1. The highest BCUT2D eigenvalue weighted by Gasteiger charge is 2.15. The Hall–Kier alpha value is -1.83. The molecular formula is C14H19BrN2O5. The van der Waals surface area contributed by atoms with Crippen molar-refractivity contribution in [1.82, 2.24) is 5.32 Å². The molecule has 0 saturated carbocycles. The highest BCUT2D eigenvalue weighted by Crippen LogP contribution is 2.29. The number of carbonyl (C=O) groups excluding carboxylic acids is 1. The summed E-state index contributed by atoms with van der Waals surface area (Å²) in [6.45, 7) is 6.07. The minimum absolute atomic E-state index is 0.0370. The van der Waals surface area contributed by atoms with Gasteiger partial charge in [-0.1, -0.05) is 0 Å². The molecule has 1 N–H and O–H groups in total. The largest absolute Gasteiger partial charge is 0.492 e. The van der Waals surface area contributed by atoms with Gasteiger partial charge in [0.1, 0.15) is 11.4 Å². The van der Waals surface area contributed by atoms with Crippen molar-refractivity contribution in [3.05, 3.63) is 32.8 Å². The van der Waals surface area contributed by atoms with Crippen LogP contribution in [0.4, 0.5) is 10.5 Å². The van der Waals surface area contributed by atoms with Gasteiger partial charge >= 0.3 is 6.09 Å². The minimum Gasteiger partial charge on any atom is -0.492 e. The Kier molecular flexibility index (Phi) is 6.61. The van der Waals surface area contributed by atoms with Crippen LogP contribution in [-0.2, 0) is 4.74 Å². The molecule has 0 spiro atoms. The third-order valence-electron chi connectivity index (χ3n) is 2.37. The second kappa shape index (κ2) is 7.98. The molecule has 1 amide bonds. The number of nitro benzene ring substituents is 1. The SMILES string of the molecule is CC(C)(C)OC(=O)NCCCOc1cc([N+](=O)[O-])ccc1Br. The summed E-state index contributed by atoms with van der Waals surface area (Å²) >= 11 is 3.27. The fourth-order valence-electron chi connectivity index (χ4n) is 1.48. The van der Waals surface area contributed by atoms with Crippen molar-refractivity contribution >= 4 is 27.7 Å². The Morgan fingerprint density at radius 2 is 2.09 bits per heavy atom. The summed E-state index contributed by atoms with van der Waals surface area (Å²) in [7, 11) is 0. The minimum atomic E-state index is -0.533. The summed E-state index contributed by atoms with van der Waals surface area (Å²) in [6.07, 6.45) is 0.0676. The van der Waals surface area contributed by atoms with Crippen molar-refractivity contribution in [2.24, 2.45) is 0 Å². The highest BCUT2D eigenvalue weighted by molar-refractivity contribution is 9.10. The van der Waals surface area contributed by atoms with Gasteiger partial charge in [-0.05, 0) is 49.2 Å². The number of hydrogen-bond acceptors (Lipinski definition) is 5. The van der Waals surface area contributed by atoms with Gasteiger partial charge in [0.15, 0.2) is 0 Å². The van der Waals surface area contributed by atoms with Gasteiger partial charge in [0.05, 0.1) is 22.1 Å². The summed E-state index contributed by atoms with van der Waals surface area (Å²) in [4.78, 5) is 21.6. The molecule has 122 valence electrons. The van der Waals surface area contributed by atoms with E-state index in [1.807, 2.05) is 0 Å². The third kappa shape index (κ3) is 6.75. The molecule has 1 aromatic carbocycles. The lowest BCUT2D eigenvalue weighted by molar-refractivity contribution is -0.385. The molecule has 1 rings (SSSR count). The standard InChI is InChI=1S/C14H19BrN2O5/c1-14(2,3)22-13(18)16-7-4-8-21-12-9-10(17(19)20)5-6-11(12)15/h5-6,9H,4,7-8H2,1-3H3,(H,16,18). The van der Waals surface area contributed by atoms with Gasteiger partial charge in [-0.3, -0.25) is 10.1 Å². The molecule has 0 heterocycles. The number of ether oxygens (including phenoxy) is 2. The number of rotatable bonds is 6. The van der Waals surface area contributed by atoms with E-state index in [0.29, 0.717) is 29.8 Å². The second-order valence-corrected chi connectivity index (χ2v) is 6.36. The van der Waals surface area contributed by atoms with Gasteiger partial charge in [-0.2, -0.15) is 0 Å². The van der Waals surface area contributed by atoms with E-state index in [1.165, 1.54) is 12.1 Å². The zero-order valence-corrected chi connectivity index (χ0v) is 14.3. The molecule has 0 radical (unpaired) electrons. The zero-order chi connectivity index (χ0) is 16.8. The smallest absolute Gasteiger partial charge is 0.407 e. The van der Waals surface area contributed by atoms with Crippen molar-refractivity contribution in [3.8, 4) is 5.75 Å². The van der Waals surface area contributed by atoms with Crippen LogP contribution in [0.15, 0.2) is 22.7 Å². The first kappa shape index (κ1) is 18.2. The van der Waals surface area contributed by atoms with E-state index in [1.54, 1.807) is 26.8 Å². The van der Waals surface area contributed by atoms with Gasteiger partial charge in [0.2, 0.25) is 0 Å². The van der Waals surface area contributed by atoms with Crippen molar-refractivity contribution in [3.63, 3.8) is 0 Å². The van der Waals surface area contributed by atoms with Crippen LogP contribution in [0, 0.1) is 10.1 Å². The number of amides is 1. The van der Waals surface area contributed by atoms with Gasteiger partial charge in [-0.15, -0.1) is 0 Å². The maximum atomic E-state index is 11.4. The molecule has 0 aromatic heterocycles. The Morgan fingerprint density at radius 1 is 1.41 bits per heavy atom. The summed E-state index contributed by atoms with van der Waals surface area (Å²) in [5, 5.41) is 13.3. The monoisotopic (exact) mass is 374 g/mol. The molecule has 0 bridgehead atoms. The third-order valence-corrected chi connectivity index (χ3v) is 3.03. The number of alkyl carbamates (subject to hydrolysis) is 1. The fourth-order valence-corrected chi connectivity index (χ4v) is 1.84. The molecule has 0 fully saturated rings. The van der Waals surface area contributed by atoms with Crippen LogP contribution in [0.3, 0.4) is 0 Å². The first-order chi connectivity index (χ1) is 10.2. The van der Waals surface area contributed by atoms with E-state index in [4.69, 9.17) is 9.47 Å². The average molecular weight is 375 g/mol. The number of carbonyl (C=O) groups is 1. The first-order valence-electron chi connectivity index (χ1n) is 6.72. The summed E-state index contributed by atoms with van der Waals surface area (Å²) < 4.78 is 11.2. The van der Waals surface area contributed by atoms with Gasteiger partial charge in [-0.25, -0.2) is 4.79 Å². The van der Waals surface area contributed by atoms with Gasteiger partial charge in [0, 0.05) is 12.6 Å². The fraction of sp³-hybridized carbons (Fsp3) is 0.500. The lowest BCUT2D eigenvalue weighted by atomic mass is 10.2. The number of nitrogens with one attached hydrogen (secondary N) is 1. The number of nitro groups is 1. The van der Waals surface area contributed by atoms with E-state index < -0.39 is 16.6 Å². The zero-order valence-electron chi connectivity index (χ0n) is 12.7. The van der Waals surface area contributed by atoms with E-state index in [0.717, 1.165) is 0 Å². The molecule has 0 atom stereocenters. The second-order valence-electron chi connectivity index (χ2n) is 5.50. The maximum Gasteiger partial charge on any atom is 0.407 e. The molecule has 7 nitrogen and oxygen atoms in total. The van der Waals surface area contributed by atoms with Crippen molar-refractivity contribution in [2.75, 3.05) is 13.2 Å². The van der Waals surface area contributed by atoms with Crippen LogP contribution in [0.5, 0.6) is 5.75 Å². The predicted octanol–water partition coefficient (Wildman–Crippen LogP) is 3.65. The Labute approximate surface area is 137 Å². The normalized spacial score (nSPS) is 10.9. The van der Waals surface area contributed by atoms with E-state index in [2.05, 4.69) is 21.2 Å². The maximum absolute atomic E-state index is 11.4. The molecule has 0 aliphatic rings. The number of nitrogens with zero attached hydrogens (tertiary/aromatic N) is 1. The van der Waals surface area contributed by atoms with Crippen LogP contribution in [0.2, 0.25) is 0 Å². The van der Waals surface area contributed by atoms with Crippen LogP contribution in [0.25, 0.3) is 0 Å². The van der Waals surface area contributed by atoms with E-state index >= 15 is 0 Å². The topological polar surface area (TPSA) is 90.7 Å². The average Bonchev–Trinajstić information content (AvgIpc) is 2.37. The molecule has 0 saturated heterocycles. The molecule has 0 aliphatic carbocycles. The Morgan fingerprint density at radius 3 is 2.68 bits per heavy atom. The lowest BCUT2D eigenvalue weighted by Gasteiger charge is -2.19. The molecule has 1 aromatic rings. The predicted molar refractivity (Wildman–Crippen MR) is 85.1 cm³/mol. The molecule has 8 heteroatoms. The highest BCUT2D eigenvalue weighted by atomic mass is 79.9. The summed E-state index contributed by atoms with van der Waals surface area (Å²) in [5.74, 6) is 0.395. The number of hydrogen-bond donors (Lipinski definition) is 1. The molecule has 0 unspecified atom stereocenters. The molecular weight excluding hydrogens is 356 g/mol. The van der Waals surface area contributed by atoms with Crippen molar-refractivity contribution < 1.29 is 19.2 Å². The number of halogens is 1. The van der Waals surface area contributed by atoms with Crippen LogP contribution >= 0.6 is 15.9 Å². The van der Waals surface area contributed by atoms with Crippen molar-refractivity contribution in [1.29, 1.82) is 0 Å². The first-order valence-corrected chi connectivity index (χ1v) is 7.52. The number of benzene rings is 1. The Bertz CT molecular complexity index is 543. The van der Waals surface area contributed by atoms with E-state index in [-0.39, 0.29) is 5.69 Å². The van der Waals surface area contributed by atoms with Crippen LogP contribution in [0.1, 0.15) is 27.2 Å². The summed E-state index contributed by atoms with van der Waals surface area (Å²) in [5.41, 5.74) is -0.570. The van der Waals surface area contributed by atoms with Crippen LogP contribution < -0.4 is 10.1 Å². The van der Waals surface area contributed by atoms with Gasteiger partial charge < -0.3 is 14.8 Å². The lowest BCUT2D eigenvalue weighted by Crippen LogP contribution is -2.33. The van der Waals surface area contributed by atoms with E-state index in [9.17, 15) is 14.9 Å². The van der Waals surface area contributed by atoms with Crippen molar-refractivity contribution in [2.45, 2.75) is 32.8 Å². The Balaban J connectivity index is 2.35. The quantitative estimate of drug-likeness (QED) is 0.466. The molecule has 0 aliphatic heterocycles. The van der Waals surface area contributed by atoms with Crippen LogP contribution in [-0.4, -0.2) is 29.8 Å².